The fourth-order valence-electron chi connectivity index (χ4n) is 3.72. The summed E-state index contributed by atoms with van der Waals surface area (Å²) in [5, 5.41) is 7.16. The van der Waals surface area contributed by atoms with Gasteiger partial charge in [-0.2, -0.15) is 0 Å². The molecule has 0 saturated carbocycles. The van der Waals surface area contributed by atoms with Gasteiger partial charge in [-0.25, -0.2) is 0 Å². The Bertz CT molecular complexity index is 625. The number of nitrogens with one attached hydrogen (secondary N) is 2. The number of halogens is 3. The van der Waals surface area contributed by atoms with Crippen LogP contribution in [-0.2, 0) is 14.3 Å². The van der Waals surface area contributed by atoms with Crippen LogP contribution in [0.3, 0.4) is 0 Å². The van der Waals surface area contributed by atoms with Gasteiger partial charge in [-0.1, -0.05) is 23.7 Å². The molecule has 0 aliphatic carbocycles. The van der Waals surface area contributed by atoms with Crippen LogP contribution in [0.25, 0.3) is 0 Å². The summed E-state index contributed by atoms with van der Waals surface area (Å²) < 4.78 is 11.3. The predicted octanol–water partition coefficient (Wildman–Crippen LogP) is 2.83. The Hall–Kier alpha value is -0.600. The number of ether oxygens (including phenoxy) is 2. The van der Waals surface area contributed by atoms with E-state index >= 15 is 0 Å². The summed E-state index contributed by atoms with van der Waals surface area (Å²) in [6.07, 6.45) is 0.432. The number of hydrogen-bond donors (Lipinski definition) is 2. The van der Waals surface area contributed by atoms with Crippen LogP contribution in [0.5, 0.6) is 0 Å². The van der Waals surface area contributed by atoms with Crippen molar-refractivity contribution in [2.45, 2.75) is 38.0 Å². The second-order valence-electron chi connectivity index (χ2n) is 7.88. The van der Waals surface area contributed by atoms with Crippen LogP contribution in [0.1, 0.15) is 31.9 Å². The standard InChI is InChI=1S/C20H30ClN3O3.2ClH/c1-20(2)14-24(8-10-27-20)18(15-3-5-16(21)6-4-15)12-23-19(25)11-17-13-26-9-7-22-17;;/h3-6,17-18,22H,7-14H2,1-2H3,(H,23,25);2*1H. The van der Waals surface area contributed by atoms with Crippen LogP contribution in [0.15, 0.2) is 24.3 Å². The third kappa shape index (κ3) is 8.21. The summed E-state index contributed by atoms with van der Waals surface area (Å²) in [5.41, 5.74) is 0.951. The van der Waals surface area contributed by atoms with E-state index < -0.39 is 0 Å². The molecule has 166 valence electrons. The van der Waals surface area contributed by atoms with E-state index in [1.54, 1.807) is 0 Å². The quantitative estimate of drug-likeness (QED) is 0.672. The Morgan fingerprint density at radius 2 is 2.03 bits per heavy atom. The highest BCUT2D eigenvalue weighted by atomic mass is 35.5. The zero-order chi connectivity index (χ0) is 19.3. The molecule has 2 N–H and O–H groups in total. The van der Waals surface area contributed by atoms with Gasteiger partial charge in [-0.15, -0.1) is 24.8 Å². The minimum Gasteiger partial charge on any atom is -0.378 e. The smallest absolute Gasteiger partial charge is 0.221 e. The summed E-state index contributed by atoms with van der Waals surface area (Å²) in [7, 11) is 0. The average Bonchev–Trinajstić information content (AvgIpc) is 2.63. The summed E-state index contributed by atoms with van der Waals surface area (Å²) in [4.78, 5) is 14.8. The van der Waals surface area contributed by atoms with Crippen molar-refractivity contribution >= 4 is 42.3 Å². The maximum Gasteiger partial charge on any atom is 0.221 e. The number of carbonyl (C=O) groups is 1. The Balaban J connectivity index is 0.00000210. The van der Waals surface area contributed by atoms with Crippen molar-refractivity contribution in [2.75, 3.05) is 46.0 Å². The van der Waals surface area contributed by atoms with E-state index in [-0.39, 0.29) is 48.4 Å². The summed E-state index contributed by atoms with van der Waals surface area (Å²) in [6, 6.07) is 8.07. The van der Waals surface area contributed by atoms with Crippen molar-refractivity contribution in [1.82, 2.24) is 15.5 Å². The van der Waals surface area contributed by atoms with Crippen LogP contribution in [0.4, 0.5) is 0 Å². The summed E-state index contributed by atoms with van der Waals surface area (Å²) >= 11 is 6.06. The first kappa shape index (κ1) is 26.4. The van der Waals surface area contributed by atoms with Gasteiger partial charge in [-0.05, 0) is 31.5 Å². The molecule has 2 unspecified atom stereocenters. The maximum atomic E-state index is 12.4. The summed E-state index contributed by atoms with van der Waals surface area (Å²) in [5.74, 6) is 0.0458. The van der Waals surface area contributed by atoms with Gasteiger partial charge in [0, 0.05) is 43.7 Å². The number of benzene rings is 1. The molecule has 0 bridgehead atoms. The molecule has 2 saturated heterocycles. The van der Waals surface area contributed by atoms with E-state index in [1.165, 1.54) is 0 Å². The number of carbonyl (C=O) groups excluding carboxylic acids is 1. The molecule has 0 aromatic heterocycles. The van der Waals surface area contributed by atoms with Crippen LogP contribution >= 0.6 is 36.4 Å². The van der Waals surface area contributed by atoms with Crippen molar-refractivity contribution in [1.29, 1.82) is 0 Å². The first-order valence-corrected chi connectivity index (χ1v) is 10.0. The topological polar surface area (TPSA) is 62.8 Å². The van der Waals surface area contributed by atoms with E-state index in [2.05, 4.69) is 29.4 Å². The zero-order valence-corrected chi connectivity index (χ0v) is 19.4. The Kier molecular flexibility index (Phi) is 11.2. The molecule has 1 aromatic rings. The highest BCUT2D eigenvalue weighted by Crippen LogP contribution is 2.27. The van der Waals surface area contributed by atoms with Crippen molar-refractivity contribution in [2.24, 2.45) is 0 Å². The maximum absolute atomic E-state index is 12.4. The van der Waals surface area contributed by atoms with Gasteiger partial charge in [-0.3, -0.25) is 9.69 Å². The molecule has 1 aromatic carbocycles. The molecule has 1 amide bonds. The monoisotopic (exact) mass is 467 g/mol. The number of hydrogen-bond acceptors (Lipinski definition) is 5. The van der Waals surface area contributed by atoms with Gasteiger partial charge in [0.2, 0.25) is 5.91 Å². The lowest BCUT2D eigenvalue weighted by Crippen LogP contribution is -2.51. The van der Waals surface area contributed by atoms with Gasteiger partial charge in [0.25, 0.3) is 0 Å². The first-order valence-electron chi connectivity index (χ1n) is 9.64. The lowest BCUT2D eigenvalue weighted by Gasteiger charge is -2.42. The summed E-state index contributed by atoms with van der Waals surface area (Å²) in [6.45, 7) is 9.21. The highest BCUT2D eigenvalue weighted by molar-refractivity contribution is 6.30. The third-order valence-corrected chi connectivity index (χ3v) is 5.33. The lowest BCUT2D eigenvalue weighted by atomic mass is 10.0. The normalized spacial score (nSPS) is 22.7. The second-order valence-corrected chi connectivity index (χ2v) is 8.32. The Morgan fingerprint density at radius 3 is 2.66 bits per heavy atom. The lowest BCUT2D eigenvalue weighted by molar-refractivity contribution is -0.123. The van der Waals surface area contributed by atoms with Gasteiger partial charge in [0.15, 0.2) is 0 Å². The molecule has 6 nitrogen and oxygen atoms in total. The number of morpholine rings is 2. The largest absolute Gasteiger partial charge is 0.378 e. The van der Waals surface area contributed by atoms with E-state index in [9.17, 15) is 4.79 Å². The van der Waals surface area contributed by atoms with E-state index in [0.717, 1.165) is 25.2 Å². The zero-order valence-electron chi connectivity index (χ0n) is 17.0. The third-order valence-electron chi connectivity index (χ3n) is 5.07. The highest BCUT2D eigenvalue weighted by Gasteiger charge is 2.32. The van der Waals surface area contributed by atoms with Gasteiger partial charge in [0.05, 0.1) is 31.5 Å². The minimum atomic E-state index is -0.198. The first-order chi connectivity index (χ1) is 12.9. The predicted molar refractivity (Wildman–Crippen MR) is 121 cm³/mol. The van der Waals surface area contributed by atoms with Crippen LogP contribution in [0, 0.1) is 0 Å². The van der Waals surface area contributed by atoms with E-state index in [1.807, 2.05) is 24.3 Å². The number of amides is 1. The van der Waals surface area contributed by atoms with E-state index in [0.29, 0.717) is 37.8 Å². The van der Waals surface area contributed by atoms with Crippen LogP contribution in [0.2, 0.25) is 5.02 Å². The Morgan fingerprint density at radius 1 is 1.31 bits per heavy atom. The molecular formula is C20H32Cl3N3O3. The fourth-order valence-corrected chi connectivity index (χ4v) is 3.85. The van der Waals surface area contributed by atoms with Crippen molar-refractivity contribution in [3.63, 3.8) is 0 Å². The second kappa shape index (κ2) is 12.3. The van der Waals surface area contributed by atoms with Gasteiger partial charge < -0.3 is 20.1 Å². The molecule has 9 heteroatoms. The van der Waals surface area contributed by atoms with Crippen LogP contribution in [-0.4, -0.2) is 68.4 Å². The van der Waals surface area contributed by atoms with Crippen molar-refractivity contribution in [3.05, 3.63) is 34.9 Å². The van der Waals surface area contributed by atoms with Gasteiger partial charge in [0.1, 0.15) is 0 Å². The SMILES string of the molecule is CC1(C)CN(C(CNC(=O)CC2COCCN2)c2ccc(Cl)cc2)CCO1.Cl.Cl. The molecule has 2 aliphatic rings. The molecule has 2 atom stereocenters. The molecule has 29 heavy (non-hydrogen) atoms. The van der Waals surface area contributed by atoms with Gasteiger partial charge >= 0.3 is 0 Å². The molecule has 2 heterocycles. The fraction of sp³-hybridized carbons (Fsp3) is 0.650. The molecule has 0 radical (unpaired) electrons. The Labute approximate surface area is 190 Å². The molecule has 2 aliphatic heterocycles. The average molecular weight is 469 g/mol. The van der Waals surface area contributed by atoms with E-state index in [4.69, 9.17) is 21.1 Å². The number of rotatable bonds is 6. The minimum absolute atomic E-state index is 0. The molecular weight excluding hydrogens is 437 g/mol. The van der Waals surface area contributed by atoms with Crippen molar-refractivity contribution in [3.8, 4) is 0 Å². The molecule has 2 fully saturated rings. The number of nitrogens with zero attached hydrogens (tertiary/aromatic N) is 1. The van der Waals surface area contributed by atoms with Crippen molar-refractivity contribution < 1.29 is 14.3 Å². The molecule has 3 rings (SSSR count). The van der Waals surface area contributed by atoms with Crippen LogP contribution < -0.4 is 10.6 Å². The molecule has 0 spiro atoms.